The highest BCUT2D eigenvalue weighted by Crippen LogP contribution is 2.31. The summed E-state index contributed by atoms with van der Waals surface area (Å²) in [7, 11) is 1.80. The lowest BCUT2D eigenvalue weighted by atomic mass is 10.2. The number of nitrogens with zero attached hydrogens (tertiary/aromatic N) is 5. The van der Waals surface area contributed by atoms with Crippen LogP contribution in [0.25, 0.3) is 5.69 Å². The highest BCUT2D eigenvalue weighted by Gasteiger charge is 2.26. The molecule has 0 radical (unpaired) electrons. The van der Waals surface area contributed by atoms with E-state index in [0.29, 0.717) is 18.4 Å². The van der Waals surface area contributed by atoms with Crippen molar-refractivity contribution in [2.24, 2.45) is 0 Å². The van der Waals surface area contributed by atoms with Crippen LogP contribution in [0.4, 0.5) is 11.6 Å². The van der Waals surface area contributed by atoms with Crippen LogP contribution in [-0.2, 0) is 9.53 Å². The van der Waals surface area contributed by atoms with Crippen LogP contribution in [0.5, 0.6) is 0 Å². The minimum atomic E-state index is -0.324. The van der Waals surface area contributed by atoms with E-state index in [4.69, 9.17) is 4.74 Å². The minimum absolute atomic E-state index is 0.0166. The molecule has 4 rings (SSSR count). The maximum absolute atomic E-state index is 13.1. The topological polar surface area (TPSA) is 63.5 Å². The molecular weight excluding hydrogens is 410 g/mol. The van der Waals surface area contributed by atoms with E-state index in [-0.39, 0.29) is 11.2 Å². The number of para-hydroxylation sites is 1. The average molecular weight is 438 g/mol. The van der Waals surface area contributed by atoms with Crippen LogP contribution < -0.4 is 9.80 Å². The molecule has 1 atom stereocenters. The average Bonchev–Trinajstić information content (AvgIpc) is 3.22. The third kappa shape index (κ3) is 4.75. The summed E-state index contributed by atoms with van der Waals surface area (Å²) in [5, 5.41) is 9.35. The molecule has 0 N–H and O–H groups in total. The van der Waals surface area contributed by atoms with Gasteiger partial charge >= 0.3 is 0 Å². The van der Waals surface area contributed by atoms with Crippen molar-refractivity contribution in [1.29, 1.82) is 0 Å². The molecule has 1 unspecified atom stereocenters. The van der Waals surface area contributed by atoms with Crippen molar-refractivity contribution in [2.45, 2.75) is 24.3 Å². The maximum Gasteiger partial charge on any atom is 0.240 e. The second-order valence-electron chi connectivity index (χ2n) is 7.55. The molecule has 0 saturated carbocycles. The smallest absolute Gasteiger partial charge is 0.240 e. The number of morpholine rings is 1. The Morgan fingerprint density at radius 2 is 1.84 bits per heavy atom. The Bertz CT molecular complexity index is 1030. The Balaban J connectivity index is 1.63. The first-order valence-corrected chi connectivity index (χ1v) is 11.3. The third-order valence-corrected chi connectivity index (χ3v) is 6.30. The lowest BCUT2D eigenvalue weighted by Gasteiger charge is -2.28. The summed E-state index contributed by atoms with van der Waals surface area (Å²) in [5.74, 6) is 0.801. The number of anilines is 2. The second kappa shape index (κ2) is 9.53. The number of rotatable bonds is 6. The van der Waals surface area contributed by atoms with E-state index >= 15 is 0 Å². The van der Waals surface area contributed by atoms with Crippen LogP contribution in [0.1, 0.15) is 12.5 Å². The van der Waals surface area contributed by atoms with Crippen molar-refractivity contribution in [2.75, 3.05) is 43.2 Å². The molecule has 3 aromatic rings. The van der Waals surface area contributed by atoms with Gasteiger partial charge in [-0.25, -0.2) is 0 Å². The van der Waals surface area contributed by atoms with E-state index < -0.39 is 0 Å². The number of amides is 1. The molecule has 1 saturated heterocycles. The lowest BCUT2D eigenvalue weighted by Crippen LogP contribution is -2.38. The van der Waals surface area contributed by atoms with Gasteiger partial charge in [0.15, 0.2) is 5.16 Å². The number of aromatic nitrogens is 3. The van der Waals surface area contributed by atoms with Crippen LogP contribution in [0.15, 0.2) is 59.8 Å². The third-order valence-electron chi connectivity index (χ3n) is 5.27. The Labute approximate surface area is 187 Å². The molecule has 2 heterocycles. The van der Waals surface area contributed by atoms with Gasteiger partial charge in [0.2, 0.25) is 11.9 Å². The van der Waals surface area contributed by atoms with Gasteiger partial charge in [-0.2, -0.15) is 0 Å². The highest BCUT2D eigenvalue weighted by atomic mass is 32.2. The molecule has 0 aliphatic carbocycles. The van der Waals surface area contributed by atoms with Gasteiger partial charge in [-0.3, -0.25) is 9.36 Å². The van der Waals surface area contributed by atoms with Crippen LogP contribution in [0.3, 0.4) is 0 Å². The van der Waals surface area contributed by atoms with E-state index in [1.54, 1.807) is 11.9 Å². The molecule has 1 aliphatic heterocycles. The normalized spacial score (nSPS) is 15.0. The van der Waals surface area contributed by atoms with Crippen molar-refractivity contribution in [3.8, 4) is 5.69 Å². The van der Waals surface area contributed by atoms with Crippen molar-refractivity contribution in [3.63, 3.8) is 0 Å². The zero-order valence-electron chi connectivity index (χ0n) is 18.1. The number of ether oxygens (including phenoxy) is 1. The summed E-state index contributed by atoms with van der Waals surface area (Å²) in [4.78, 5) is 17.0. The molecule has 7 nitrogen and oxygen atoms in total. The fourth-order valence-electron chi connectivity index (χ4n) is 3.56. The fourth-order valence-corrected chi connectivity index (χ4v) is 4.52. The van der Waals surface area contributed by atoms with Gasteiger partial charge in [0, 0.05) is 25.8 Å². The molecule has 0 spiro atoms. The Morgan fingerprint density at radius 1 is 1.10 bits per heavy atom. The number of hydrogen-bond acceptors (Lipinski definition) is 6. The predicted octanol–water partition coefficient (Wildman–Crippen LogP) is 3.56. The molecule has 1 fully saturated rings. The van der Waals surface area contributed by atoms with Gasteiger partial charge in [0.05, 0.1) is 24.2 Å². The molecule has 8 heteroatoms. The van der Waals surface area contributed by atoms with Crippen molar-refractivity contribution >= 4 is 29.3 Å². The van der Waals surface area contributed by atoms with E-state index in [2.05, 4.69) is 38.7 Å². The van der Waals surface area contributed by atoms with E-state index in [0.717, 1.165) is 36.0 Å². The van der Waals surface area contributed by atoms with E-state index in [1.807, 2.05) is 49.4 Å². The van der Waals surface area contributed by atoms with E-state index in [9.17, 15) is 4.79 Å². The van der Waals surface area contributed by atoms with E-state index in [1.165, 1.54) is 11.8 Å². The van der Waals surface area contributed by atoms with Gasteiger partial charge < -0.3 is 14.5 Å². The summed E-state index contributed by atoms with van der Waals surface area (Å²) in [6, 6.07) is 17.9. The fraction of sp³-hybridized carbons (Fsp3) is 0.348. The Morgan fingerprint density at radius 3 is 2.55 bits per heavy atom. The number of carbonyl (C=O) groups excluding carboxylic acids is 1. The highest BCUT2D eigenvalue weighted by molar-refractivity contribution is 8.00. The number of hydrogen-bond donors (Lipinski definition) is 0. The monoisotopic (exact) mass is 437 g/mol. The van der Waals surface area contributed by atoms with Crippen LogP contribution >= 0.6 is 11.8 Å². The second-order valence-corrected chi connectivity index (χ2v) is 8.86. The summed E-state index contributed by atoms with van der Waals surface area (Å²) in [6.07, 6.45) is 0. The van der Waals surface area contributed by atoms with Crippen LogP contribution in [-0.4, -0.2) is 59.3 Å². The quantitative estimate of drug-likeness (QED) is 0.550. The number of aryl methyl sites for hydroxylation is 1. The zero-order chi connectivity index (χ0) is 21.8. The van der Waals surface area contributed by atoms with Crippen molar-refractivity contribution < 1.29 is 9.53 Å². The maximum atomic E-state index is 13.1. The van der Waals surface area contributed by atoms with Gasteiger partial charge in [-0.15, -0.1) is 10.2 Å². The lowest BCUT2D eigenvalue weighted by molar-refractivity contribution is -0.117. The molecule has 1 amide bonds. The number of carbonyl (C=O) groups is 1. The molecule has 2 aromatic carbocycles. The standard InChI is InChI=1S/C23H27N5O2S/c1-17-8-7-11-20(16-17)28-22(27-12-14-30-15-13-27)24-25-23(28)31-18(2)21(29)26(3)19-9-5-4-6-10-19/h4-11,16,18H,12-15H2,1-3H3. The summed E-state index contributed by atoms with van der Waals surface area (Å²) < 4.78 is 7.55. The first-order chi connectivity index (χ1) is 15.0. The van der Waals surface area contributed by atoms with Crippen molar-refractivity contribution in [1.82, 2.24) is 14.8 Å². The zero-order valence-corrected chi connectivity index (χ0v) is 18.9. The van der Waals surface area contributed by atoms with Gasteiger partial charge in [-0.05, 0) is 43.7 Å². The molecule has 1 aliphatic rings. The summed E-state index contributed by atoms with van der Waals surface area (Å²) in [6.45, 7) is 6.84. The Hall–Kier alpha value is -2.84. The molecular formula is C23H27N5O2S. The number of benzene rings is 2. The van der Waals surface area contributed by atoms with Crippen molar-refractivity contribution in [3.05, 3.63) is 60.2 Å². The summed E-state index contributed by atoms with van der Waals surface area (Å²) >= 11 is 1.43. The number of thioether (sulfide) groups is 1. The predicted molar refractivity (Wildman–Crippen MR) is 124 cm³/mol. The molecule has 162 valence electrons. The SMILES string of the molecule is Cc1cccc(-n2c(SC(C)C(=O)N(C)c3ccccc3)nnc2N2CCOCC2)c1. The van der Waals surface area contributed by atoms with Gasteiger partial charge in [0.25, 0.3) is 0 Å². The Kier molecular flexibility index (Phi) is 6.58. The van der Waals surface area contributed by atoms with Gasteiger partial charge in [0.1, 0.15) is 0 Å². The first kappa shape index (κ1) is 21.4. The van der Waals surface area contributed by atoms with Crippen LogP contribution in [0.2, 0.25) is 0 Å². The molecule has 0 bridgehead atoms. The summed E-state index contributed by atoms with van der Waals surface area (Å²) in [5.41, 5.74) is 3.02. The minimum Gasteiger partial charge on any atom is -0.378 e. The largest absolute Gasteiger partial charge is 0.378 e. The van der Waals surface area contributed by atoms with Gasteiger partial charge in [-0.1, -0.05) is 42.1 Å². The first-order valence-electron chi connectivity index (χ1n) is 10.4. The molecule has 1 aromatic heterocycles. The van der Waals surface area contributed by atoms with Crippen LogP contribution in [0, 0.1) is 6.92 Å². The molecule has 31 heavy (non-hydrogen) atoms.